The predicted molar refractivity (Wildman–Crippen MR) is 78.3 cm³/mol. The molecule has 2 heterocycles. The van der Waals surface area contributed by atoms with Crippen molar-refractivity contribution >= 4 is 0 Å². The highest BCUT2D eigenvalue weighted by molar-refractivity contribution is 5.15. The Morgan fingerprint density at radius 3 is 2.89 bits per heavy atom. The molecule has 2 atom stereocenters. The molecule has 2 aliphatic rings. The number of nitrogens with zero attached hydrogens (tertiary/aromatic N) is 1. The first-order chi connectivity index (χ1) is 9.26. The first-order valence-corrected chi connectivity index (χ1v) is 7.66. The van der Waals surface area contributed by atoms with Crippen molar-refractivity contribution in [2.24, 2.45) is 5.92 Å². The van der Waals surface area contributed by atoms with Crippen molar-refractivity contribution in [3.05, 3.63) is 35.9 Å². The van der Waals surface area contributed by atoms with E-state index in [1.807, 2.05) is 0 Å². The molecule has 1 aromatic rings. The van der Waals surface area contributed by atoms with Gasteiger partial charge in [0.15, 0.2) is 0 Å². The zero-order valence-electron chi connectivity index (χ0n) is 12.0. The van der Waals surface area contributed by atoms with Gasteiger partial charge < -0.3 is 9.64 Å². The fraction of sp³-hybridized carbons (Fsp3) is 0.647. The van der Waals surface area contributed by atoms with Crippen LogP contribution in [0.5, 0.6) is 0 Å². The predicted octanol–water partition coefficient (Wildman–Crippen LogP) is 3.12. The largest absolute Gasteiger partial charge is 0.373 e. The van der Waals surface area contributed by atoms with Gasteiger partial charge >= 0.3 is 0 Å². The molecule has 0 bridgehead atoms. The fourth-order valence-electron chi connectivity index (χ4n) is 3.67. The van der Waals surface area contributed by atoms with Crippen LogP contribution >= 0.6 is 0 Å². The molecule has 2 fully saturated rings. The Labute approximate surface area is 116 Å². The van der Waals surface area contributed by atoms with Gasteiger partial charge in [-0.2, -0.15) is 0 Å². The normalized spacial score (nSPS) is 31.9. The van der Waals surface area contributed by atoms with Crippen LogP contribution in [0.25, 0.3) is 0 Å². The van der Waals surface area contributed by atoms with Gasteiger partial charge in [0, 0.05) is 13.1 Å². The smallest absolute Gasteiger partial charge is 0.0812 e. The van der Waals surface area contributed by atoms with E-state index in [9.17, 15) is 0 Å². The third-order valence-electron chi connectivity index (χ3n) is 4.57. The summed E-state index contributed by atoms with van der Waals surface area (Å²) in [4.78, 5) is 2.61. The standard InChI is InChI=1S/C17H25NO/c1-15-12-17(19-13-15)9-5-10-18(14-17)11-8-16-6-3-2-4-7-16/h2-4,6-7,15H,5,8-14H2,1H3. The number of ether oxygens (including phenoxy) is 1. The molecule has 3 rings (SSSR count). The van der Waals surface area contributed by atoms with Gasteiger partial charge in [0.1, 0.15) is 0 Å². The third kappa shape index (κ3) is 3.18. The molecule has 19 heavy (non-hydrogen) atoms. The highest BCUT2D eigenvalue weighted by Gasteiger charge is 2.41. The lowest BCUT2D eigenvalue weighted by Crippen LogP contribution is -2.48. The molecule has 104 valence electrons. The Bertz CT molecular complexity index is 401. The number of rotatable bonds is 3. The van der Waals surface area contributed by atoms with Gasteiger partial charge in [-0.25, -0.2) is 0 Å². The van der Waals surface area contributed by atoms with Crippen molar-refractivity contribution in [2.45, 2.75) is 38.2 Å². The van der Waals surface area contributed by atoms with Crippen molar-refractivity contribution in [1.29, 1.82) is 0 Å². The van der Waals surface area contributed by atoms with Crippen LogP contribution in [0.4, 0.5) is 0 Å². The maximum atomic E-state index is 6.13. The number of hydrogen-bond donors (Lipinski definition) is 0. The summed E-state index contributed by atoms with van der Waals surface area (Å²) in [5.41, 5.74) is 1.64. The minimum Gasteiger partial charge on any atom is -0.373 e. The number of hydrogen-bond acceptors (Lipinski definition) is 2. The van der Waals surface area contributed by atoms with Crippen molar-refractivity contribution in [3.8, 4) is 0 Å². The Hall–Kier alpha value is -0.860. The van der Waals surface area contributed by atoms with Crippen molar-refractivity contribution in [3.63, 3.8) is 0 Å². The van der Waals surface area contributed by atoms with Gasteiger partial charge in [-0.1, -0.05) is 37.3 Å². The maximum Gasteiger partial charge on any atom is 0.0812 e. The number of likely N-dealkylation sites (tertiary alicyclic amines) is 1. The summed E-state index contributed by atoms with van der Waals surface area (Å²) >= 11 is 0. The molecule has 1 aromatic carbocycles. The minimum atomic E-state index is 0.189. The highest BCUT2D eigenvalue weighted by atomic mass is 16.5. The summed E-state index contributed by atoms with van der Waals surface area (Å²) in [6.45, 7) is 6.84. The fourth-order valence-corrected chi connectivity index (χ4v) is 3.67. The number of piperidine rings is 1. The van der Waals surface area contributed by atoms with Crippen LogP contribution in [0.15, 0.2) is 30.3 Å². The van der Waals surface area contributed by atoms with Crippen molar-refractivity contribution in [1.82, 2.24) is 4.90 Å². The molecule has 0 radical (unpaired) electrons. The van der Waals surface area contributed by atoms with Crippen molar-refractivity contribution < 1.29 is 4.74 Å². The quantitative estimate of drug-likeness (QED) is 0.827. The topological polar surface area (TPSA) is 12.5 Å². The monoisotopic (exact) mass is 259 g/mol. The van der Waals surface area contributed by atoms with Gasteiger partial charge in [-0.3, -0.25) is 0 Å². The van der Waals surface area contributed by atoms with Crippen molar-refractivity contribution in [2.75, 3.05) is 26.2 Å². The van der Waals surface area contributed by atoms with E-state index in [0.717, 1.165) is 25.5 Å². The molecular formula is C17H25NO. The Kier molecular flexibility index (Phi) is 3.90. The van der Waals surface area contributed by atoms with E-state index in [4.69, 9.17) is 4.74 Å². The van der Waals surface area contributed by atoms with Gasteiger partial charge in [-0.05, 0) is 43.7 Å². The van der Waals surface area contributed by atoms with E-state index in [1.165, 1.54) is 37.9 Å². The summed E-state index contributed by atoms with van der Waals surface area (Å²) in [6.07, 6.45) is 4.97. The molecule has 0 aromatic heterocycles. The summed E-state index contributed by atoms with van der Waals surface area (Å²) < 4.78 is 6.13. The summed E-state index contributed by atoms with van der Waals surface area (Å²) in [5, 5.41) is 0. The number of benzene rings is 1. The van der Waals surface area contributed by atoms with Gasteiger partial charge in [0.2, 0.25) is 0 Å². The molecule has 2 saturated heterocycles. The molecule has 2 unspecified atom stereocenters. The summed E-state index contributed by atoms with van der Waals surface area (Å²) in [6, 6.07) is 10.8. The van der Waals surface area contributed by atoms with E-state index in [2.05, 4.69) is 42.2 Å². The average molecular weight is 259 g/mol. The molecule has 2 heteroatoms. The Morgan fingerprint density at radius 1 is 1.32 bits per heavy atom. The van der Waals surface area contributed by atoms with Crippen LogP contribution < -0.4 is 0 Å². The van der Waals surface area contributed by atoms with E-state index in [1.54, 1.807) is 0 Å². The Balaban J connectivity index is 1.54. The van der Waals surface area contributed by atoms with E-state index in [0.29, 0.717) is 0 Å². The van der Waals surface area contributed by atoms with Crippen LogP contribution in [0, 0.1) is 5.92 Å². The first-order valence-electron chi connectivity index (χ1n) is 7.66. The lowest BCUT2D eigenvalue weighted by molar-refractivity contribution is -0.0511. The molecule has 0 N–H and O–H groups in total. The molecule has 1 spiro atoms. The summed E-state index contributed by atoms with van der Waals surface area (Å²) in [5.74, 6) is 0.745. The van der Waals surface area contributed by atoms with Crippen LogP contribution in [0.3, 0.4) is 0 Å². The molecule has 0 amide bonds. The lowest BCUT2D eigenvalue weighted by Gasteiger charge is -2.39. The van der Waals surface area contributed by atoms with Crippen LogP contribution in [-0.4, -0.2) is 36.7 Å². The van der Waals surface area contributed by atoms with E-state index in [-0.39, 0.29) is 5.60 Å². The zero-order valence-corrected chi connectivity index (χ0v) is 12.0. The average Bonchev–Trinajstić information content (AvgIpc) is 2.78. The third-order valence-corrected chi connectivity index (χ3v) is 4.57. The molecular weight excluding hydrogens is 234 g/mol. The molecule has 0 aliphatic carbocycles. The molecule has 2 aliphatic heterocycles. The molecule has 2 nitrogen and oxygen atoms in total. The highest BCUT2D eigenvalue weighted by Crippen LogP contribution is 2.37. The van der Waals surface area contributed by atoms with Crippen LogP contribution in [-0.2, 0) is 11.2 Å². The lowest BCUT2D eigenvalue weighted by atomic mass is 9.87. The zero-order chi connectivity index (χ0) is 13.1. The van der Waals surface area contributed by atoms with Gasteiger partial charge in [0.05, 0.1) is 12.2 Å². The second-order valence-corrected chi connectivity index (χ2v) is 6.42. The minimum absolute atomic E-state index is 0.189. The van der Waals surface area contributed by atoms with Gasteiger partial charge in [0.25, 0.3) is 0 Å². The first kappa shape index (κ1) is 13.1. The van der Waals surface area contributed by atoms with Crippen LogP contribution in [0.2, 0.25) is 0 Å². The Morgan fingerprint density at radius 2 is 2.16 bits per heavy atom. The summed E-state index contributed by atoms with van der Waals surface area (Å²) in [7, 11) is 0. The second-order valence-electron chi connectivity index (χ2n) is 6.42. The SMILES string of the molecule is CC1COC2(CCCN(CCc3ccccc3)C2)C1. The van der Waals surface area contributed by atoms with E-state index < -0.39 is 0 Å². The van der Waals surface area contributed by atoms with Crippen LogP contribution in [0.1, 0.15) is 31.7 Å². The van der Waals surface area contributed by atoms with Gasteiger partial charge in [-0.15, -0.1) is 0 Å². The molecule has 0 saturated carbocycles. The van der Waals surface area contributed by atoms with E-state index >= 15 is 0 Å². The maximum absolute atomic E-state index is 6.13. The second kappa shape index (κ2) is 5.64.